The minimum atomic E-state index is -0.566. The van der Waals surface area contributed by atoms with Gasteiger partial charge in [-0.3, -0.25) is 19.8 Å². The maximum absolute atomic E-state index is 10.9. The molecule has 0 spiro atoms. The standard InChI is InChI=1S/C15H22N2O4S2/c1-11(2)16(12(3)4)7-8-22-23-13-5-6-14(17(19)20)15(9-13)21-10-18/h5-6,9-12H,7-8H2,1-4H3. The Bertz CT molecular complexity index is 530. The summed E-state index contributed by atoms with van der Waals surface area (Å²) in [7, 11) is 3.19. The Morgan fingerprint density at radius 3 is 2.48 bits per heavy atom. The van der Waals surface area contributed by atoms with Crippen molar-refractivity contribution in [2.45, 2.75) is 44.7 Å². The smallest absolute Gasteiger partial charge is 0.311 e. The number of hydrogen-bond acceptors (Lipinski definition) is 7. The Balaban J connectivity index is 2.59. The van der Waals surface area contributed by atoms with Crippen LogP contribution in [0.25, 0.3) is 0 Å². The van der Waals surface area contributed by atoms with Gasteiger partial charge in [-0.25, -0.2) is 0 Å². The van der Waals surface area contributed by atoms with Crippen LogP contribution in [0, 0.1) is 10.1 Å². The molecule has 0 aromatic heterocycles. The van der Waals surface area contributed by atoms with Crippen LogP contribution in [0.3, 0.4) is 0 Å². The maximum atomic E-state index is 10.9. The van der Waals surface area contributed by atoms with Crippen molar-refractivity contribution in [2.75, 3.05) is 12.3 Å². The van der Waals surface area contributed by atoms with E-state index in [0.717, 1.165) is 17.2 Å². The number of hydrogen-bond donors (Lipinski definition) is 0. The number of rotatable bonds is 10. The van der Waals surface area contributed by atoms with Gasteiger partial charge < -0.3 is 4.74 Å². The first-order valence-electron chi connectivity index (χ1n) is 7.30. The highest BCUT2D eigenvalue weighted by atomic mass is 33.1. The molecule has 8 heteroatoms. The summed E-state index contributed by atoms with van der Waals surface area (Å²) in [5.74, 6) is 0.906. The molecule has 0 radical (unpaired) electrons. The molecule has 23 heavy (non-hydrogen) atoms. The zero-order chi connectivity index (χ0) is 17.4. The van der Waals surface area contributed by atoms with E-state index in [2.05, 4.69) is 32.6 Å². The minimum Gasteiger partial charge on any atom is -0.421 e. The Morgan fingerprint density at radius 2 is 1.96 bits per heavy atom. The molecule has 0 saturated heterocycles. The van der Waals surface area contributed by atoms with Crippen molar-refractivity contribution in [3.05, 3.63) is 28.3 Å². The van der Waals surface area contributed by atoms with E-state index in [1.54, 1.807) is 16.9 Å². The van der Waals surface area contributed by atoms with Gasteiger partial charge in [0.1, 0.15) is 0 Å². The SMILES string of the molecule is CC(C)N(CCSSc1ccc([N+](=O)[O-])c(OC=O)c1)C(C)C. The second kappa shape index (κ2) is 9.79. The highest BCUT2D eigenvalue weighted by Crippen LogP contribution is 2.37. The van der Waals surface area contributed by atoms with Crippen molar-refractivity contribution in [3.8, 4) is 5.75 Å². The first kappa shape index (κ1) is 19.8. The number of ether oxygens (including phenoxy) is 1. The van der Waals surface area contributed by atoms with Crippen molar-refractivity contribution in [1.29, 1.82) is 0 Å². The normalized spacial score (nSPS) is 11.3. The summed E-state index contributed by atoms with van der Waals surface area (Å²) in [4.78, 5) is 24.0. The molecule has 0 bridgehead atoms. The van der Waals surface area contributed by atoms with Crippen LogP contribution in [-0.2, 0) is 4.79 Å². The van der Waals surface area contributed by atoms with Gasteiger partial charge in [0.25, 0.3) is 6.47 Å². The highest BCUT2D eigenvalue weighted by molar-refractivity contribution is 8.76. The molecule has 0 aliphatic heterocycles. The van der Waals surface area contributed by atoms with E-state index < -0.39 is 4.92 Å². The summed E-state index contributed by atoms with van der Waals surface area (Å²) in [6.07, 6.45) is 0. The number of nitro benzene ring substituents is 1. The molecule has 1 aromatic rings. The molecule has 1 rings (SSSR count). The summed E-state index contributed by atoms with van der Waals surface area (Å²) in [5, 5.41) is 10.9. The van der Waals surface area contributed by atoms with Gasteiger partial charge in [0.2, 0.25) is 5.75 Å². The Kier molecular flexibility index (Phi) is 8.43. The quantitative estimate of drug-likeness (QED) is 0.206. The molecular formula is C15H22N2O4S2. The van der Waals surface area contributed by atoms with Crippen LogP contribution in [0.2, 0.25) is 0 Å². The van der Waals surface area contributed by atoms with Crippen LogP contribution in [0.15, 0.2) is 23.1 Å². The van der Waals surface area contributed by atoms with Crippen LogP contribution < -0.4 is 4.74 Å². The first-order valence-corrected chi connectivity index (χ1v) is 9.62. The summed E-state index contributed by atoms with van der Waals surface area (Å²) in [6, 6.07) is 5.53. The van der Waals surface area contributed by atoms with Gasteiger partial charge in [0.15, 0.2) is 0 Å². The molecule has 0 fully saturated rings. The van der Waals surface area contributed by atoms with Crippen LogP contribution in [0.4, 0.5) is 5.69 Å². The summed E-state index contributed by atoms with van der Waals surface area (Å²) >= 11 is 0. The summed E-state index contributed by atoms with van der Waals surface area (Å²) in [5.41, 5.74) is -0.211. The Morgan fingerprint density at radius 1 is 1.30 bits per heavy atom. The number of carbonyl (C=O) groups excluding carboxylic acids is 1. The molecular weight excluding hydrogens is 336 g/mol. The van der Waals surface area contributed by atoms with Crippen molar-refractivity contribution in [3.63, 3.8) is 0 Å². The van der Waals surface area contributed by atoms with Gasteiger partial charge in [-0.1, -0.05) is 21.6 Å². The second-order valence-corrected chi connectivity index (χ2v) is 7.92. The molecule has 0 heterocycles. The van der Waals surface area contributed by atoms with E-state index in [9.17, 15) is 14.9 Å². The van der Waals surface area contributed by atoms with Crippen molar-refractivity contribution >= 4 is 33.7 Å². The van der Waals surface area contributed by atoms with Gasteiger partial charge in [-0.2, -0.15) is 0 Å². The summed E-state index contributed by atoms with van der Waals surface area (Å²) < 4.78 is 4.69. The number of nitro groups is 1. The van der Waals surface area contributed by atoms with Gasteiger partial charge in [0.05, 0.1) is 4.92 Å². The maximum Gasteiger partial charge on any atom is 0.311 e. The molecule has 0 aliphatic rings. The predicted molar refractivity (Wildman–Crippen MR) is 95.1 cm³/mol. The predicted octanol–water partition coefficient (Wildman–Crippen LogP) is 3.99. The molecule has 0 aliphatic carbocycles. The molecule has 0 saturated carbocycles. The van der Waals surface area contributed by atoms with Crippen LogP contribution in [0.5, 0.6) is 5.75 Å². The van der Waals surface area contributed by atoms with Gasteiger partial charge in [-0.15, -0.1) is 0 Å². The lowest BCUT2D eigenvalue weighted by molar-refractivity contribution is -0.385. The fourth-order valence-electron chi connectivity index (χ4n) is 2.21. The number of nitrogens with zero attached hydrogens (tertiary/aromatic N) is 2. The molecule has 0 unspecified atom stereocenters. The fourth-order valence-corrected chi connectivity index (χ4v) is 4.18. The third-order valence-corrected chi connectivity index (χ3v) is 5.56. The fraction of sp³-hybridized carbons (Fsp3) is 0.533. The summed E-state index contributed by atoms with van der Waals surface area (Å²) in [6.45, 7) is 9.88. The van der Waals surface area contributed by atoms with Crippen LogP contribution in [0.1, 0.15) is 27.7 Å². The number of carbonyl (C=O) groups is 1. The second-order valence-electron chi connectivity index (χ2n) is 5.43. The van der Waals surface area contributed by atoms with E-state index in [4.69, 9.17) is 4.74 Å². The highest BCUT2D eigenvalue weighted by Gasteiger charge is 2.16. The molecule has 0 N–H and O–H groups in total. The van der Waals surface area contributed by atoms with Crippen molar-refractivity contribution < 1.29 is 14.5 Å². The average Bonchev–Trinajstić information content (AvgIpc) is 2.46. The van der Waals surface area contributed by atoms with E-state index in [-0.39, 0.29) is 17.9 Å². The lowest BCUT2D eigenvalue weighted by Crippen LogP contribution is -2.38. The zero-order valence-electron chi connectivity index (χ0n) is 13.7. The third-order valence-electron chi connectivity index (χ3n) is 3.22. The molecule has 128 valence electrons. The minimum absolute atomic E-state index is 0.0263. The molecule has 6 nitrogen and oxygen atoms in total. The monoisotopic (exact) mass is 358 g/mol. The molecule has 1 aromatic carbocycles. The topological polar surface area (TPSA) is 72.7 Å². The molecule has 0 atom stereocenters. The van der Waals surface area contributed by atoms with E-state index in [1.807, 2.05) is 0 Å². The molecule has 0 amide bonds. The lowest BCUT2D eigenvalue weighted by Gasteiger charge is -2.30. The first-order chi connectivity index (χ1) is 10.9. The van der Waals surface area contributed by atoms with E-state index in [1.165, 1.54) is 22.9 Å². The van der Waals surface area contributed by atoms with Gasteiger partial charge in [0, 0.05) is 41.4 Å². The Hall–Kier alpha value is -1.25. The van der Waals surface area contributed by atoms with Gasteiger partial charge in [-0.05, 0) is 33.8 Å². The van der Waals surface area contributed by atoms with E-state index >= 15 is 0 Å². The largest absolute Gasteiger partial charge is 0.421 e. The third kappa shape index (κ3) is 6.40. The zero-order valence-corrected chi connectivity index (χ0v) is 15.4. The van der Waals surface area contributed by atoms with Gasteiger partial charge >= 0.3 is 5.69 Å². The average molecular weight is 358 g/mol. The van der Waals surface area contributed by atoms with Crippen LogP contribution >= 0.6 is 21.6 Å². The van der Waals surface area contributed by atoms with Crippen molar-refractivity contribution in [1.82, 2.24) is 4.90 Å². The number of benzene rings is 1. The Labute approximate surface area is 144 Å². The lowest BCUT2D eigenvalue weighted by atomic mass is 10.2. The van der Waals surface area contributed by atoms with E-state index in [0.29, 0.717) is 12.1 Å². The van der Waals surface area contributed by atoms with Crippen LogP contribution in [-0.4, -0.2) is 40.7 Å². The van der Waals surface area contributed by atoms with Crippen molar-refractivity contribution in [2.24, 2.45) is 0 Å².